The van der Waals surface area contributed by atoms with Crippen molar-refractivity contribution in [3.05, 3.63) is 22.2 Å². The summed E-state index contributed by atoms with van der Waals surface area (Å²) < 4.78 is 35.2. The van der Waals surface area contributed by atoms with Gasteiger partial charge in [0.2, 0.25) is 0 Å². The maximum atomic E-state index is 13.0. The highest BCUT2D eigenvalue weighted by atomic mass is 79.9. The first-order valence-corrected chi connectivity index (χ1v) is 6.29. The average molecular weight is 332 g/mol. The number of hydrogen-bond donors (Lipinski definition) is 1. The molecule has 0 spiro atoms. The Morgan fingerprint density at radius 3 is 2.84 bits per heavy atom. The Hall–Kier alpha value is -1.33. The van der Waals surface area contributed by atoms with E-state index in [4.69, 9.17) is 5.26 Å². The Balaban J connectivity index is 2.37. The number of nitriles is 1. The molecule has 0 bridgehead atoms. The van der Waals surface area contributed by atoms with Gasteiger partial charge in [-0.3, -0.25) is 0 Å². The lowest BCUT2D eigenvalue weighted by molar-refractivity contribution is -0.287. The predicted molar refractivity (Wildman–Crippen MR) is 67.3 cm³/mol. The zero-order valence-corrected chi connectivity index (χ0v) is 11.4. The molecule has 1 aliphatic heterocycles. The molecule has 1 heterocycles. The zero-order valence-electron chi connectivity index (χ0n) is 9.86. The number of nitrogens with zero attached hydrogens (tertiary/aromatic N) is 1. The summed E-state index contributed by atoms with van der Waals surface area (Å²) in [5, 5.41) is 18.8. The minimum absolute atomic E-state index is 0.112. The van der Waals surface area contributed by atoms with E-state index in [0.29, 0.717) is 4.47 Å². The van der Waals surface area contributed by atoms with Crippen LogP contribution in [0.4, 0.5) is 8.78 Å². The maximum absolute atomic E-state index is 13.0. The van der Waals surface area contributed by atoms with Crippen LogP contribution in [0, 0.1) is 11.2 Å². The molecular weight excluding hydrogens is 323 g/mol. The fourth-order valence-electron chi connectivity index (χ4n) is 1.82. The van der Waals surface area contributed by atoms with E-state index in [1.165, 1.54) is 12.1 Å². The van der Waals surface area contributed by atoms with Gasteiger partial charge in [0.1, 0.15) is 0 Å². The van der Waals surface area contributed by atoms with Gasteiger partial charge in [-0.2, -0.15) is 0 Å². The first-order chi connectivity index (χ1) is 8.84. The predicted octanol–water partition coefficient (Wildman–Crippen LogP) is 2.99. The van der Waals surface area contributed by atoms with Gasteiger partial charge in [-0.15, -0.1) is 8.78 Å². The smallest absolute Gasteiger partial charge is 0.395 e. The molecular formula is C11H9BBrF2NO3. The number of benzene rings is 1. The standard InChI is InChI=1S/C11H9BBrF2NO3/c1-12(5-16)4-7(17)9-6(13)2-3-8-10(9)19-11(14,15)18-8/h2-3,7,17H,4H2,1H3. The quantitative estimate of drug-likeness (QED) is 0.865. The fourth-order valence-corrected chi connectivity index (χ4v) is 2.40. The SMILES string of the molecule is CB(C#N)CC(O)c1c(Br)ccc2c1OC(F)(F)O2. The number of aliphatic hydroxyl groups excluding tert-OH is 1. The summed E-state index contributed by atoms with van der Waals surface area (Å²) in [5.41, 5.74) is 0.164. The van der Waals surface area contributed by atoms with Crippen LogP contribution in [-0.4, -0.2) is 18.1 Å². The molecule has 2 rings (SSSR count). The summed E-state index contributed by atoms with van der Waals surface area (Å²) in [6.07, 6.45) is -4.73. The number of halogens is 3. The molecule has 1 N–H and O–H groups in total. The minimum Gasteiger partial charge on any atom is -0.395 e. The average Bonchev–Trinajstić information content (AvgIpc) is 2.62. The third-order valence-electron chi connectivity index (χ3n) is 2.69. The Morgan fingerprint density at radius 2 is 2.21 bits per heavy atom. The van der Waals surface area contributed by atoms with Crippen molar-refractivity contribution in [2.75, 3.05) is 0 Å². The molecule has 0 radical (unpaired) electrons. The van der Waals surface area contributed by atoms with E-state index in [9.17, 15) is 13.9 Å². The van der Waals surface area contributed by atoms with Gasteiger partial charge >= 0.3 is 6.29 Å². The van der Waals surface area contributed by atoms with Gasteiger partial charge in [0.05, 0.1) is 6.10 Å². The summed E-state index contributed by atoms with van der Waals surface area (Å²) in [6, 6.07) is 2.81. The maximum Gasteiger partial charge on any atom is 0.586 e. The van der Waals surface area contributed by atoms with Crippen molar-refractivity contribution in [3.63, 3.8) is 0 Å². The Kier molecular flexibility index (Phi) is 3.70. The Bertz CT molecular complexity index is 549. The van der Waals surface area contributed by atoms with Crippen molar-refractivity contribution in [2.24, 2.45) is 0 Å². The molecule has 1 unspecified atom stereocenters. The van der Waals surface area contributed by atoms with Crippen molar-refractivity contribution in [1.29, 1.82) is 5.26 Å². The summed E-state index contributed by atoms with van der Waals surface area (Å²) in [6.45, 7) is 1.22. The van der Waals surface area contributed by atoms with Crippen LogP contribution >= 0.6 is 15.9 Å². The topological polar surface area (TPSA) is 62.5 Å². The molecule has 1 atom stereocenters. The summed E-state index contributed by atoms with van der Waals surface area (Å²) in [5.74, 6) is 1.64. The van der Waals surface area contributed by atoms with E-state index in [1.807, 2.05) is 5.97 Å². The van der Waals surface area contributed by atoms with Crippen molar-refractivity contribution in [3.8, 4) is 17.5 Å². The molecule has 0 aliphatic carbocycles. The van der Waals surface area contributed by atoms with Gasteiger partial charge < -0.3 is 14.6 Å². The first kappa shape index (κ1) is 14.1. The van der Waals surface area contributed by atoms with Crippen LogP contribution in [0.3, 0.4) is 0 Å². The van der Waals surface area contributed by atoms with Crippen LogP contribution in [0.15, 0.2) is 16.6 Å². The summed E-state index contributed by atoms with van der Waals surface area (Å²) in [4.78, 5) is 0. The highest BCUT2D eigenvalue weighted by Gasteiger charge is 2.45. The van der Waals surface area contributed by atoms with Crippen molar-refractivity contribution < 1.29 is 23.4 Å². The molecule has 19 heavy (non-hydrogen) atoms. The van der Waals surface area contributed by atoms with Gasteiger partial charge in [0.15, 0.2) is 11.5 Å². The molecule has 0 aromatic heterocycles. The lowest BCUT2D eigenvalue weighted by atomic mass is 9.50. The number of hydrogen-bond acceptors (Lipinski definition) is 4. The van der Waals surface area contributed by atoms with E-state index in [-0.39, 0.29) is 23.4 Å². The van der Waals surface area contributed by atoms with Crippen LogP contribution in [0.1, 0.15) is 11.7 Å². The molecule has 1 aromatic carbocycles. The number of ether oxygens (including phenoxy) is 2. The van der Waals surface area contributed by atoms with Gasteiger partial charge in [-0.1, -0.05) is 22.8 Å². The zero-order chi connectivity index (χ0) is 14.2. The van der Waals surface area contributed by atoms with E-state index < -0.39 is 19.1 Å². The van der Waals surface area contributed by atoms with Crippen molar-refractivity contribution in [2.45, 2.75) is 25.5 Å². The summed E-state index contributed by atoms with van der Waals surface area (Å²) in [7, 11) is 0. The normalized spacial score (nSPS) is 16.8. The second kappa shape index (κ2) is 4.98. The van der Waals surface area contributed by atoms with Crippen LogP contribution < -0.4 is 9.47 Å². The van der Waals surface area contributed by atoms with Crippen molar-refractivity contribution in [1.82, 2.24) is 0 Å². The monoisotopic (exact) mass is 331 g/mol. The molecule has 0 fully saturated rings. The molecule has 100 valence electrons. The number of rotatable bonds is 3. The van der Waals surface area contributed by atoms with E-state index in [1.54, 1.807) is 6.82 Å². The van der Waals surface area contributed by atoms with Gasteiger partial charge in [-0.05, 0) is 18.5 Å². The number of fused-ring (bicyclic) bond motifs is 1. The van der Waals surface area contributed by atoms with E-state index >= 15 is 0 Å². The number of alkyl halides is 2. The second-order valence-electron chi connectivity index (χ2n) is 4.24. The third kappa shape index (κ3) is 2.82. The van der Waals surface area contributed by atoms with Crippen molar-refractivity contribution >= 4 is 22.6 Å². The van der Waals surface area contributed by atoms with Crippen LogP contribution in [0.25, 0.3) is 0 Å². The molecule has 1 aromatic rings. The van der Waals surface area contributed by atoms with E-state index in [2.05, 4.69) is 25.4 Å². The van der Waals surface area contributed by atoms with Gasteiger partial charge in [-0.25, -0.2) is 5.26 Å². The number of aliphatic hydroxyl groups is 1. The lowest BCUT2D eigenvalue weighted by Crippen LogP contribution is -2.26. The highest BCUT2D eigenvalue weighted by Crippen LogP contribution is 2.48. The second-order valence-corrected chi connectivity index (χ2v) is 5.09. The third-order valence-corrected chi connectivity index (χ3v) is 3.38. The van der Waals surface area contributed by atoms with Gasteiger partial charge in [0, 0.05) is 16.0 Å². The minimum atomic E-state index is -3.74. The van der Waals surface area contributed by atoms with Crippen LogP contribution in [0.2, 0.25) is 13.1 Å². The molecule has 0 saturated heterocycles. The van der Waals surface area contributed by atoms with E-state index in [0.717, 1.165) is 0 Å². The molecule has 0 amide bonds. The lowest BCUT2D eigenvalue weighted by Gasteiger charge is -2.15. The Labute approximate surface area is 117 Å². The molecule has 0 saturated carbocycles. The van der Waals surface area contributed by atoms with Crippen LogP contribution in [0.5, 0.6) is 11.5 Å². The first-order valence-electron chi connectivity index (χ1n) is 5.50. The summed E-state index contributed by atoms with van der Waals surface area (Å²) >= 11 is 3.18. The largest absolute Gasteiger partial charge is 0.586 e. The Morgan fingerprint density at radius 1 is 1.53 bits per heavy atom. The highest BCUT2D eigenvalue weighted by molar-refractivity contribution is 9.10. The molecule has 1 aliphatic rings. The van der Waals surface area contributed by atoms with Gasteiger partial charge in [0.25, 0.3) is 6.71 Å². The fraction of sp³-hybridized carbons (Fsp3) is 0.364. The van der Waals surface area contributed by atoms with Crippen LogP contribution in [-0.2, 0) is 0 Å². The molecule has 8 heteroatoms. The molecule has 4 nitrogen and oxygen atoms in total.